The third-order valence-corrected chi connectivity index (χ3v) is 11.5. The summed E-state index contributed by atoms with van der Waals surface area (Å²) in [5.74, 6) is 0.245. The number of fused-ring (bicyclic) bond motifs is 6. The number of alkyl halides is 2. The summed E-state index contributed by atoms with van der Waals surface area (Å²) < 4.78 is 51.9. The second kappa shape index (κ2) is 11.0. The lowest BCUT2D eigenvalue weighted by Gasteiger charge is -2.40. The molecule has 4 bridgehead atoms. The lowest BCUT2D eigenvalue weighted by atomic mass is 9.93. The Hall–Kier alpha value is -4.07. The van der Waals surface area contributed by atoms with Gasteiger partial charge in [-0.05, 0) is 73.7 Å². The number of hydrogen-bond donors (Lipinski definition) is 2. The molecule has 4 aromatic rings. The van der Waals surface area contributed by atoms with Crippen LogP contribution in [-0.4, -0.2) is 76.3 Å². The zero-order chi connectivity index (χ0) is 32.8. The van der Waals surface area contributed by atoms with Crippen molar-refractivity contribution in [2.45, 2.75) is 81.5 Å². The van der Waals surface area contributed by atoms with Crippen molar-refractivity contribution in [3.63, 3.8) is 0 Å². The Labute approximate surface area is 277 Å². The average molecular weight is 654 g/mol. The molecule has 248 valence electrons. The molecule has 5 heterocycles. The van der Waals surface area contributed by atoms with Gasteiger partial charge >= 0.3 is 6.01 Å². The summed E-state index contributed by atoms with van der Waals surface area (Å²) >= 11 is 0. The third kappa shape index (κ3) is 5.14. The largest absolute Gasteiger partial charge is 0.508 e. The van der Waals surface area contributed by atoms with Crippen LogP contribution in [0.25, 0.3) is 32.8 Å². The van der Waals surface area contributed by atoms with E-state index in [9.17, 15) is 13.9 Å². The Kier molecular flexibility index (Phi) is 6.86. The Morgan fingerprint density at radius 2 is 1.73 bits per heavy atom. The molecule has 2 N–H and O–H groups in total. The molecule has 10 heteroatoms. The fraction of sp³-hybridized carbons (Fsp3) is 0.474. The van der Waals surface area contributed by atoms with Crippen molar-refractivity contribution < 1.29 is 23.0 Å². The van der Waals surface area contributed by atoms with Crippen LogP contribution in [0.3, 0.4) is 0 Å². The predicted octanol–water partition coefficient (Wildman–Crippen LogP) is 6.64. The van der Waals surface area contributed by atoms with E-state index in [1.807, 2.05) is 18.2 Å². The number of aromatic nitrogens is 2. The van der Waals surface area contributed by atoms with Gasteiger partial charge < -0.3 is 20.1 Å². The van der Waals surface area contributed by atoms with Gasteiger partial charge in [0.2, 0.25) is 0 Å². The number of benzene rings is 3. The summed E-state index contributed by atoms with van der Waals surface area (Å²) in [6.45, 7) is 2.57. The highest BCUT2D eigenvalue weighted by Crippen LogP contribution is 2.51. The molecule has 7 nitrogen and oxygen atoms in total. The van der Waals surface area contributed by atoms with Gasteiger partial charge in [0.15, 0.2) is 5.82 Å². The van der Waals surface area contributed by atoms with E-state index < -0.39 is 11.7 Å². The van der Waals surface area contributed by atoms with Gasteiger partial charge in [-0.15, -0.1) is 6.42 Å². The molecule has 1 aliphatic carbocycles. The molecule has 4 aliphatic heterocycles. The maximum Gasteiger partial charge on any atom is 0.319 e. The van der Waals surface area contributed by atoms with E-state index in [1.54, 1.807) is 24.3 Å². The molecule has 3 aromatic carbocycles. The van der Waals surface area contributed by atoms with Crippen molar-refractivity contribution in [3.05, 3.63) is 53.8 Å². The first-order valence-electron chi connectivity index (χ1n) is 17.2. The van der Waals surface area contributed by atoms with Crippen molar-refractivity contribution in [2.75, 3.05) is 31.1 Å². The number of anilines is 1. The van der Waals surface area contributed by atoms with Crippen molar-refractivity contribution >= 4 is 27.5 Å². The van der Waals surface area contributed by atoms with E-state index in [2.05, 4.69) is 26.0 Å². The Bertz CT molecular complexity index is 1960. The Balaban J connectivity index is 1.09. The zero-order valence-electron chi connectivity index (χ0n) is 26.7. The molecule has 4 atom stereocenters. The second-order valence-electron chi connectivity index (χ2n) is 14.8. The Morgan fingerprint density at radius 1 is 0.979 bits per heavy atom. The second-order valence-corrected chi connectivity index (χ2v) is 14.8. The van der Waals surface area contributed by atoms with Crippen LogP contribution in [-0.2, 0) is 0 Å². The molecule has 48 heavy (non-hydrogen) atoms. The standard InChI is InChI=1S/C38H38F3N5O2/c1-2-22-4-3-5-23-14-28(47)15-31(32(22)23)29-10-11-30-34(33(29)39)43-36(44-35(30)45-18-24-6-7-25(19-45)42-24)48-21-37(12-13-37)20-46-26-8-9-27(46)17-38(40,41)16-26/h1,3-5,10-11,14-15,24-27,42,47H,6-9,12-13,16-21H2. The molecule has 4 unspecified atom stereocenters. The van der Waals surface area contributed by atoms with Crippen molar-refractivity contribution in [3.8, 4) is 35.2 Å². The number of phenolic OH excluding ortho intramolecular Hbond substituents is 1. The first-order valence-corrected chi connectivity index (χ1v) is 17.2. The van der Waals surface area contributed by atoms with Gasteiger partial charge in [-0.3, -0.25) is 4.90 Å². The maximum atomic E-state index is 16.9. The fourth-order valence-electron chi connectivity index (χ4n) is 8.97. The minimum absolute atomic E-state index is 0.00968. The summed E-state index contributed by atoms with van der Waals surface area (Å²) in [5.41, 5.74) is 1.37. The highest BCUT2D eigenvalue weighted by molar-refractivity contribution is 6.04. The van der Waals surface area contributed by atoms with Crippen molar-refractivity contribution in [2.24, 2.45) is 5.41 Å². The summed E-state index contributed by atoms with van der Waals surface area (Å²) in [5, 5.41) is 16.3. The SMILES string of the molecule is C#Cc1cccc2cc(O)cc(-c3ccc4c(N5CC6CCC(C5)N6)nc(OCC5(CN6C7CCC6CC(F)(F)C7)CC5)nc4c3F)c12. The molecular formula is C38H38F3N5O2. The van der Waals surface area contributed by atoms with E-state index >= 15 is 4.39 Å². The molecule has 1 aromatic heterocycles. The summed E-state index contributed by atoms with van der Waals surface area (Å²) in [6.07, 6.45) is 11.4. The first kappa shape index (κ1) is 30.0. The lowest BCUT2D eigenvalue weighted by molar-refractivity contribution is -0.0876. The molecule has 5 fully saturated rings. The summed E-state index contributed by atoms with van der Waals surface area (Å²) in [6, 6.07) is 12.8. The number of halogens is 3. The number of phenols is 1. The maximum absolute atomic E-state index is 16.9. The number of piperazine rings is 1. The van der Waals surface area contributed by atoms with Gasteiger partial charge in [0, 0.05) is 84.0 Å². The number of hydrogen-bond acceptors (Lipinski definition) is 7. The third-order valence-electron chi connectivity index (χ3n) is 11.5. The number of nitrogens with zero attached hydrogens (tertiary/aromatic N) is 4. The first-order chi connectivity index (χ1) is 23.2. The number of terminal acetylenes is 1. The van der Waals surface area contributed by atoms with E-state index in [4.69, 9.17) is 16.1 Å². The van der Waals surface area contributed by atoms with Crippen LogP contribution in [0, 0.1) is 23.6 Å². The topological polar surface area (TPSA) is 73.8 Å². The van der Waals surface area contributed by atoms with Crippen LogP contribution in [0.5, 0.6) is 11.8 Å². The van der Waals surface area contributed by atoms with Crippen LogP contribution in [0.1, 0.15) is 56.9 Å². The normalized spacial score (nSPS) is 27.0. The minimum Gasteiger partial charge on any atom is -0.508 e. The average Bonchev–Trinajstić information content (AvgIpc) is 3.69. The predicted molar refractivity (Wildman–Crippen MR) is 179 cm³/mol. The molecule has 0 amide bonds. The van der Waals surface area contributed by atoms with Gasteiger partial charge in [0.1, 0.15) is 17.1 Å². The number of ether oxygens (including phenoxy) is 1. The van der Waals surface area contributed by atoms with Gasteiger partial charge in [0.05, 0.1) is 6.61 Å². The fourth-order valence-corrected chi connectivity index (χ4v) is 8.97. The smallest absolute Gasteiger partial charge is 0.319 e. The van der Waals surface area contributed by atoms with Gasteiger partial charge in [-0.25, -0.2) is 13.2 Å². The molecule has 0 spiro atoms. The van der Waals surface area contributed by atoms with Crippen LogP contribution >= 0.6 is 0 Å². The van der Waals surface area contributed by atoms with E-state index in [-0.39, 0.29) is 53.2 Å². The summed E-state index contributed by atoms with van der Waals surface area (Å²) in [4.78, 5) is 14.1. The molecule has 0 radical (unpaired) electrons. The monoisotopic (exact) mass is 653 g/mol. The number of aromatic hydroxyl groups is 1. The summed E-state index contributed by atoms with van der Waals surface area (Å²) in [7, 11) is 0. The number of nitrogens with one attached hydrogen (secondary N) is 1. The zero-order valence-corrected chi connectivity index (χ0v) is 26.7. The molecular weight excluding hydrogens is 615 g/mol. The highest BCUT2D eigenvalue weighted by atomic mass is 19.3. The van der Waals surface area contributed by atoms with Gasteiger partial charge in [0.25, 0.3) is 5.92 Å². The van der Waals surface area contributed by atoms with E-state index in [0.29, 0.717) is 51.8 Å². The van der Waals surface area contributed by atoms with Crippen LogP contribution in [0.15, 0.2) is 42.5 Å². The van der Waals surface area contributed by atoms with Crippen molar-refractivity contribution in [1.29, 1.82) is 0 Å². The number of piperidine rings is 1. The van der Waals surface area contributed by atoms with Crippen LogP contribution < -0.4 is 15.0 Å². The van der Waals surface area contributed by atoms with E-state index in [0.717, 1.165) is 58.2 Å². The highest BCUT2D eigenvalue weighted by Gasteiger charge is 2.54. The molecule has 9 rings (SSSR count). The molecule has 4 saturated heterocycles. The van der Waals surface area contributed by atoms with Gasteiger partial charge in [-0.1, -0.05) is 24.1 Å². The molecule has 5 aliphatic rings. The van der Waals surface area contributed by atoms with Crippen molar-refractivity contribution in [1.82, 2.24) is 20.2 Å². The lowest BCUT2D eigenvalue weighted by Crippen LogP contribution is -2.51. The van der Waals surface area contributed by atoms with E-state index in [1.165, 1.54) is 0 Å². The molecule has 1 saturated carbocycles. The van der Waals surface area contributed by atoms with Crippen LogP contribution in [0.2, 0.25) is 0 Å². The van der Waals surface area contributed by atoms with Gasteiger partial charge in [-0.2, -0.15) is 9.97 Å². The number of rotatable bonds is 7. The Morgan fingerprint density at radius 3 is 2.44 bits per heavy atom. The quantitative estimate of drug-likeness (QED) is 0.217. The minimum atomic E-state index is -2.58. The van der Waals surface area contributed by atoms with Crippen LogP contribution in [0.4, 0.5) is 19.0 Å².